The standard InChI is InChI=1S/C19H16NO5PS/c21-26(22,24-14-8-2-1-3-9-14)25-18-13-7-5-11-16(18)20-15-10-4-6-12-17(15)23-19(20)27/h1-13,19,27H,(H,21,22). The second-order valence-corrected chi connectivity index (χ2v) is 7.46. The van der Waals surface area contributed by atoms with Crippen LogP contribution in [0.1, 0.15) is 0 Å². The molecule has 1 N–H and O–H groups in total. The van der Waals surface area contributed by atoms with Crippen molar-refractivity contribution >= 4 is 31.8 Å². The second kappa shape index (κ2) is 7.19. The van der Waals surface area contributed by atoms with Crippen LogP contribution in [0.2, 0.25) is 0 Å². The fourth-order valence-corrected chi connectivity index (χ4v) is 3.97. The van der Waals surface area contributed by atoms with Crippen LogP contribution in [0.25, 0.3) is 0 Å². The van der Waals surface area contributed by atoms with E-state index in [4.69, 9.17) is 13.8 Å². The molecule has 0 saturated carbocycles. The summed E-state index contributed by atoms with van der Waals surface area (Å²) in [6, 6.07) is 22.6. The minimum absolute atomic E-state index is 0.179. The van der Waals surface area contributed by atoms with Crippen LogP contribution in [0.3, 0.4) is 0 Å². The van der Waals surface area contributed by atoms with E-state index in [1.54, 1.807) is 59.5 Å². The number of benzene rings is 3. The van der Waals surface area contributed by atoms with Gasteiger partial charge in [-0.15, -0.1) is 12.6 Å². The van der Waals surface area contributed by atoms with Crippen molar-refractivity contribution in [2.45, 2.75) is 5.56 Å². The average Bonchev–Trinajstić information content (AvgIpc) is 2.98. The third-order valence-corrected chi connectivity index (χ3v) is 5.09. The molecule has 1 aliphatic heterocycles. The summed E-state index contributed by atoms with van der Waals surface area (Å²) in [5, 5.41) is 0. The number of phosphoric ester groups is 1. The predicted octanol–water partition coefficient (Wildman–Crippen LogP) is 4.99. The lowest BCUT2D eigenvalue weighted by atomic mass is 10.2. The Hall–Kier alpha value is -2.60. The summed E-state index contributed by atoms with van der Waals surface area (Å²) in [6.07, 6.45) is 0. The molecular weight excluding hydrogens is 385 g/mol. The number of thiol groups is 1. The Morgan fingerprint density at radius 2 is 1.52 bits per heavy atom. The van der Waals surface area contributed by atoms with Gasteiger partial charge in [0, 0.05) is 0 Å². The summed E-state index contributed by atoms with van der Waals surface area (Å²) in [4.78, 5) is 12.0. The Balaban J connectivity index is 1.65. The van der Waals surface area contributed by atoms with Gasteiger partial charge in [-0.25, -0.2) is 4.57 Å². The SMILES string of the molecule is O=P(O)(Oc1ccccc1)Oc1ccccc1N1c2ccccc2OC1S. The maximum Gasteiger partial charge on any atom is 0.584 e. The monoisotopic (exact) mass is 401 g/mol. The molecule has 2 unspecified atom stereocenters. The normalized spacial score (nSPS) is 17.6. The molecule has 0 spiro atoms. The summed E-state index contributed by atoms with van der Waals surface area (Å²) in [5.41, 5.74) is 0.721. The number of ether oxygens (including phenoxy) is 1. The van der Waals surface area contributed by atoms with Crippen molar-refractivity contribution < 1.29 is 23.2 Å². The molecule has 2 atom stereocenters. The van der Waals surface area contributed by atoms with E-state index in [0.717, 1.165) is 5.69 Å². The van der Waals surface area contributed by atoms with Crippen LogP contribution in [0.15, 0.2) is 78.9 Å². The van der Waals surface area contributed by atoms with Crippen LogP contribution < -0.4 is 18.7 Å². The molecule has 0 amide bonds. The Bertz CT molecular complexity index is 1000. The highest BCUT2D eigenvalue weighted by Gasteiger charge is 2.33. The highest BCUT2D eigenvalue weighted by molar-refractivity contribution is 7.80. The molecule has 3 aromatic carbocycles. The molecule has 0 fully saturated rings. The zero-order chi connectivity index (χ0) is 18.9. The number of nitrogens with zero attached hydrogens (tertiary/aromatic N) is 1. The van der Waals surface area contributed by atoms with Crippen molar-refractivity contribution in [3.05, 3.63) is 78.9 Å². The molecule has 3 aromatic rings. The topological polar surface area (TPSA) is 68.2 Å². The highest BCUT2D eigenvalue weighted by atomic mass is 32.1. The van der Waals surface area contributed by atoms with Gasteiger partial charge in [0.1, 0.15) is 11.5 Å². The lowest BCUT2D eigenvalue weighted by molar-refractivity contribution is 0.290. The lowest BCUT2D eigenvalue weighted by Gasteiger charge is -2.24. The van der Waals surface area contributed by atoms with Gasteiger partial charge in [-0.2, -0.15) is 0 Å². The van der Waals surface area contributed by atoms with E-state index in [0.29, 0.717) is 11.4 Å². The van der Waals surface area contributed by atoms with Crippen molar-refractivity contribution in [2.24, 2.45) is 0 Å². The summed E-state index contributed by atoms with van der Waals surface area (Å²) in [6.45, 7) is 0. The summed E-state index contributed by atoms with van der Waals surface area (Å²) >= 11 is 4.47. The first-order valence-corrected chi connectivity index (χ1v) is 10.1. The molecule has 0 aromatic heterocycles. The number of para-hydroxylation sites is 5. The molecule has 1 aliphatic rings. The fraction of sp³-hybridized carbons (Fsp3) is 0.0526. The van der Waals surface area contributed by atoms with Gasteiger partial charge in [-0.3, -0.25) is 9.79 Å². The van der Waals surface area contributed by atoms with Gasteiger partial charge in [-0.1, -0.05) is 42.5 Å². The van der Waals surface area contributed by atoms with Gasteiger partial charge in [0.15, 0.2) is 5.75 Å². The van der Waals surface area contributed by atoms with E-state index in [1.807, 2.05) is 24.3 Å². The van der Waals surface area contributed by atoms with Crippen LogP contribution in [0, 0.1) is 0 Å². The Labute approximate surface area is 162 Å². The van der Waals surface area contributed by atoms with Crippen LogP contribution in [0.4, 0.5) is 11.4 Å². The molecule has 8 heteroatoms. The summed E-state index contributed by atoms with van der Waals surface area (Å²) < 4.78 is 28.7. The number of hydrogen-bond acceptors (Lipinski definition) is 6. The van der Waals surface area contributed by atoms with Gasteiger partial charge in [0.25, 0.3) is 0 Å². The van der Waals surface area contributed by atoms with E-state index in [2.05, 4.69) is 12.6 Å². The molecule has 0 radical (unpaired) electrons. The number of rotatable bonds is 5. The van der Waals surface area contributed by atoms with Crippen LogP contribution >= 0.6 is 20.5 Å². The molecule has 1 heterocycles. The smallest absolute Gasteiger partial charge is 0.459 e. The molecule has 0 bridgehead atoms. The van der Waals surface area contributed by atoms with Crippen molar-refractivity contribution in [1.82, 2.24) is 0 Å². The molecule has 138 valence electrons. The van der Waals surface area contributed by atoms with Crippen molar-refractivity contribution in [3.63, 3.8) is 0 Å². The number of fused-ring (bicyclic) bond motifs is 1. The maximum atomic E-state index is 12.5. The van der Waals surface area contributed by atoms with E-state index in [1.165, 1.54) is 0 Å². The van der Waals surface area contributed by atoms with Gasteiger partial charge >= 0.3 is 7.82 Å². The quantitative estimate of drug-likeness (QED) is 0.464. The minimum Gasteiger partial charge on any atom is -0.459 e. The zero-order valence-electron chi connectivity index (χ0n) is 14.0. The molecule has 0 saturated heterocycles. The van der Waals surface area contributed by atoms with Crippen LogP contribution in [-0.2, 0) is 4.57 Å². The predicted molar refractivity (Wildman–Crippen MR) is 106 cm³/mol. The lowest BCUT2D eigenvalue weighted by Crippen LogP contribution is -2.25. The Morgan fingerprint density at radius 3 is 2.30 bits per heavy atom. The van der Waals surface area contributed by atoms with E-state index in [-0.39, 0.29) is 11.5 Å². The first-order chi connectivity index (χ1) is 13.0. The van der Waals surface area contributed by atoms with E-state index >= 15 is 0 Å². The Morgan fingerprint density at radius 1 is 0.889 bits per heavy atom. The Kier molecular flexibility index (Phi) is 4.74. The van der Waals surface area contributed by atoms with Gasteiger partial charge < -0.3 is 13.8 Å². The number of phosphoric acid groups is 1. The van der Waals surface area contributed by atoms with Crippen LogP contribution in [-0.4, -0.2) is 10.5 Å². The zero-order valence-corrected chi connectivity index (χ0v) is 15.8. The first-order valence-electron chi connectivity index (χ1n) is 8.12. The van der Waals surface area contributed by atoms with E-state index in [9.17, 15) is 9.46 Å². The van der Waals surface area contributed by atoms with Gasteiger partial charge in [0.2, 0.25) is 5.56 Å². The minimum atomic E-state index is -4.40. The van der Waals surface area contributed by atoms with Crippen molar-refractivity contribution in [3.8, 4) is 17.2 Å². The molecule has 27 heavy (non-hydrogen) atoms. The largest absolute Gasteiger partial charge is 0.584 e. The molecule has 4 rings (SSSR count). The maximum absolute atomic E-state index is 12.5. The molecule has 6 nitrogen and oxygen atoms in total. The third kappa shape index (κ3) is 3.76. The summed E-state index contributed by atoms with van der Waals surface area (Å²) in [7, 11) is -4.40. The van der Waals surface area contributed by atoms with Crippen LogP contribution in [0.5, 0.6) is 17.2 Å². The first kappa shape index (κ1) is 17.8. The van der Waals surface area contributed by atoms with Crippen molar-refractivity contribution in [2.75, 3.05) is 4.90 Å². The molecular formula is C19H16NO5PS. The summed E-state index contributed by atoms with van der Waals surface area (Å²) in [5.74, 6) is 1.08. The van der Waals surface area contributed by atoms with Crippen molar-refractivity contribution in [1.29, 1.82) is 0 Å². The fourth-order valence-electron chi connectivity index (χ4n) is 2.78. The highest BCUT2D eigenvalue weighted by Crippen LogP contribution is 2.50. The van der Waals surface area contributed by atoms with E-state index < -0.39 is 13.4 Å². The average molecular weight is 401 g/mol. The van der Waals surface area contributed by atoms with Gasteiger partial charge in [-0.05, 0) is 36.4 Å². The molecule has 0 aliphatic carbocycles. The number of anilines is 2. The second-order valence-electron chi connectivity index (χ2n) is 5.71. The third-order valence-electron chi connectivity index (χ3n) is 3.88. The number of hydrogen-bond donors (Lipinski definition) is 2. The van der Waals surface area contributed by atoms with Gasteiger partial charge in [0.05, 0.1) is 11.4 Å².